The number of ether oxygens (including phenoxy) is 1. The van der Waals surface area contributed by atoms with Gasteiger partial charge in [-0.2, -0.15) is 0 Å². The Morgan fingerprint density at radius 3 is 1.25 bits per heavy atom. The van der Waals surface area contributed by atoms with Crippen molar-refractivity contribution in [2.75, 3.05) is 13.2 Å². The van der Waals surface area contributed by atoms with E-state index in [2.05, 4.69) is 43.2 Å². The Labute approximate surface area is 200 Å². The number of nitrogens with one attached hydrogen (secondary N) is 1. The van der Waals surface area contributed by atoms with E-state index in [0.717, 1.165) is 24.9 Å². The van der Waals surface area contributed by atoms with Crippen LogP contribution in [0.1, 0.15) is 122 Å². The second kappa shape index (κ2) is 16.6. The van der Waals surface area contributed by atoms with Gasteiger partial charge in [0.05, 0.1) is 12.7 Å². The molecule has 0 radical (unpaired) electrons. The highest BCUT2D eigenvalue weighted by Crippen LogP contribution is 2.30. The molecule has 2 heterocycles. The van der Waals surface area contributed by atoms with Crippen molar-refractivity contribution in [2.24, 2.45) is 23.7 Å². The lowest BCUT2D eigenvalue weighted by atomic mass is 9.89. The van der Waals surface area contributed by atoms with E-state index >= 15 is 0 Å². The highest BCUT2D eigenvalue weighted by molar-refractivity contribution is 4.90. The topological polar surface area (TPSA) is 80.4 Å². The van der Waals surface area contributed by atoms with Crippen LogP contribution >= 0.6 is 0 Å². The highest BCUT2D eigenvalue weighted by atomic mass is 16.5. The van der Waals surface area contributed by atoms with Gasteiger partial charge in [0, 0.05) is 18.4 Å². The zero-order chi connectivity index (χ0) is 23.6. The van der Waals surface area contributed by atoms with E-state index in [4.69, 9.17) is 9.15 Å². The van der Waals surface area contributed by atoms with E-state index in [1.165, 1.54) is 0 Å². The molecule has 1 aliphatic rings. The molecule has 0 aromatic carbocycles. The first-order chi connectivity index (χ1) is 13.8. The zero-order valence-corrected chi connectivity index (χ0v) is 21.6. The summed E-state index contributed by atoms with van der Waals surface area (Å²) in [6.45, 7) is 27.0. The van der Waals surface area contributed by atoms with Gasteiger partial charge in [-0.05, 0) is 23.7 Å². The lowest BCUT2D eigenvalue weighted by molar-refractivity contribution is -0.0828. The minimum Gasteiger partial charge on any atom is -0.425 e. The maximum atomic E-state index is 9.20. The number of aliphatic hydroxyl groups is 1. The SMILES string of the molecule is C.C.CC(C)C(O)C(C)C.CC(C)C1(C(C)C)NCCO1.CC(C)c1nnc(C(C)C)o1. The number of aliphatic hydroxyl groups excluding tert-OH is 1. The molecular formula is C26H57N3O3. The molecule has 1 fully saturated rings. The minimum atomic E-state index is -0.130. The van der Waals surface area contributed by atoms with Crippen molar-refractivity contribution in [2.45, 2.75) is 122 Å². The van der Waals surface area contributed by atoms with Gasteiger partial charge in [0.15, 0.2) is 0 Å². The smallest absolute Gasteiger partial charge is 0.219 e. The minimum absolute atomic E-state index is 0. The Hall–Kier alpha value is -0.980. The molecule has 0 aliphatic carbocycles. The Kier molecular flexibility index (Phi) is 18.5. The summed E-state index contributed by atoms with van der Waals surface area (Å²) in [6.07, 6.45) is -0.130. The van der Waals surface area contributed by atoms with Crippen molar-refractivity contribution in [1.29, 1.82) is 0 Å². The molecule has 6 nitrogen and oxygen atoms in total. The van der Waals surface area contributed by atoms with Gasteiger partial charge in [-0.1, -0.05) is 97.9 Å². The molecule has 0 unspecified atom stereocenters. The van der Waals surface area contributed by atoms with E-state index in [1.54, 1.807) is 0 Å². The third-order valence-electron chi connectivity index (χ3n) is 5.37. The molecule has 1 aromatic heterocycles. The number of aromatic nitrogens is 2. The summed E-state index contributed by atoms with van der Waals surface area (Å²) in [5.41, 5.74) is -0.0556. The summed E-state index contributed by atoms with van der Waals surface area (Å²) in [4.78, 5) is 0. The Morgan fingerprint density at radius 1 is 0.750 bits per heavy atom. The van der Waals surface area contributed by atoms with E-state index < -0.39 is 0 Å². The fraction of sp³-hybridized carbons (Fsp3) is 0.923. The first-order valence-corrected chi connectivity index (χ1v) is 11.7. The molecule has 2 N–H and O–H groups in total. The van der Waals surface area contributed by atoms with Crippen LogP contribution in [0.2, 0.25) is 0 Å². The number of rotatable bonds is 6. The van der Waals surface area contributed by atoms with Crippen LogP contribution in [0.15, 0.2) is 4.42 Å². The standard InChI is InChI=1S/C9H19NO.C8H14N2O.C7H16O.2CH4/c1-7(2)9(8(3)4)10-5-6-11-9;1-5(2)7-9-10-8(11-7)6(3)4;1-5(2)7(8)6(3)4;;/h7-8,10H,5-6H2,1-4H3;5-6H,1-4H3;5-8H,1-4H3;2*1H4. The number of hydrogen-bond donors (Lipinski definition) is 2. The Balaban J connectivity index is -0.000000388. The van der Waals surface area contributed by atoms with Crippen LogP contribution in [0.3, 0.4) is 0 Å². The molecule has 0 spiro atoms. The third-order valence-corrected chi connectivity index (χ3v) is 5.37. The first kappa shape index (κ1) is 35.6. The van der Waals surface area contributed by atoms with Crippen LogP contribution in [0.25, 0.3) is 0 Å². The zero-order valence-electron chi connectivity index (χ0n) is 21.6. The lowest BCUT2D eigenvalue weighted by Gasteiger charge is -2.36. The third kappa shape index (κ3) is 11.2. The Bertz CT molecular complexity index is 520. The molecule has 32 heavy (non-hydrogen) atoms. The van der Waals surface area contributed by atoms with E-state index in [0.29, 0.717) is 35.5 Å². The summed E-state index contributed by atoms with van der Waals surface area (Å²) in [5.74, 6) is 4.01. The van der Waals surface area contributed by atoms with E-state index in [1.807, 2.05) is 55.4 Å². The van der Waals surface area contributed by atoms with Gasteiger partial charge in [-0.15, -0.1) is 10.2 Å². The summed E-state index contributed by atoms with van der Waals surface area (Å²) in [6, 6.07) is 0. The normalized spacial score (nSPS) is 15.0. The van der Waals surface area contributed by atoms with Crippen LogP contribution in [-0.2, 0) is 4.74 Å². The Morgan fingerprint density at radius 2 is 1.12 bits per heavy atom. The maximum absolute atomic E-state index is 9.20. The fourth-order valence-electron chi connectivity index (χ4n) is 3.41. The van der Waals surface area contributed by atoms with E-state index in [9.17, 15) is 5.11 Å². The van der Waals surface area contributed by atoms with Gasteiger partial charge in [0.1, 0.15) is 5.72 Å². The highest BCUT2D eigenvalue weighted by Gasteiger charge is 2.40. The molecule has 2 rings (SSSR count). The van der Waals surface area contributed by atoms with Crippen LogP contribution in [0.5, 0.6) is 0 Å². The molecule has 1 saturated heterocycles. The summed E-state index contributed by atoms with van der Waals surface area (Å²) >= 11 is 0. The van der Waals surface area contributed by atoms with Crippen LogP contribution in [0.4, 0.5) is 0 Å². The van der Waals surface area contributed by atoms with Crippen molar-refractivity contribution < 1.29 is 14.3 Å². The molecule has 0 amide bonds. The van der Waals surface area contributed by atoms with Crippen molar-refractivity contribution in [1.82, 2.24) is 15.5 Å². The number of hydrogen-bond acceptors (Lipinski definition) is 6. The quantitative estimate of drug-likeness (QED) is 0.483. The van der Waals surface area contributed by atoms with Gasteiger partial charge in [-0.25, -0.2) is 0 Å². The van der Waals surface area contributed by atoms with Gasteiger partial charge in [-0.3, -0.25) is 5.32 Å². The van der Waals surface area contributed by atoms with Crippen molar-refractivity contribution in [3.63, 3.8) is 0 Å². The van der Waals surface area contributed by atoms with Gasteiger partial charge in [0.25, 0.3) is 0 Å². The average Bonchev–Trinajstić information content (AvgIpc) is 3.32. The number of nitrogens with zero attached hydrogens (tertiary/aromatic N) is 2. The largest absolute Gasteiger partial charge is 0.425 e. The van der Waals surface area contributed by atoms with Crippen molar-refractivity contribution in [3.8, 4) is 0 Å². The molecule has 0 atom stereocenters. The molecule has 0 saturated carbocycles. The summed E-state index contributed by atoms with van der Waals surface area (Å²) < 4.78 is 11.1. The van der Waals surface area contributed by atoms with Crippen LogP contribution in [0, 0.1) is 23.7 Å². The second-order valence-electron chi connectivity index (χ2n) is 10.1. The van der Waals surface area contributed by atoms with Crippen LogP contribution < -0.4 is 5.32 Å². The van der Waals surface area contributed by atoms with E-state index in [-0.39, 0.29) is 26.7 Å². The molecule has 1 aliphatic heterocycles. The monoisotopic (exact) mass is 459 g/mol. The predicted octanol–water partition coefficient (Wildman–Crippen LogP) is 6.86. The summed E-state index contributed by atoms with van der Waals surface area (Å²) in [7, 11) is 0. The molecule has 1 aromatic rings. The molecule has 194 valence electrons. The van der Waals surface area contributed by atoms with Gasteiger partial charge in [0.2, 0.25) is 11.8 Å². The van der Waals surface area contributed by atoms with Crippen molar-refractivity contribution in [3.05, 3.63) is 11.8 Å². The second-order valence-corrected chi connectivity index (χ2v) is 10.1. The van der Waals surface area contributed by atoms with Crippen molar-refractivity contribution >= 4 is 0 Å². The summed E-state index contributed by atoms with van der Waals surface area (Å²) in [5, 5.41) is 20.5. The fourth-order valence-corrected chi connectivity index (χ4v) is 3.41. The first-order valence-electron chi connectivity index (χ1n) is 11.7. The molecule has 6 heteroatoms. The molecule has 0 bridgehead atoms. The molecular weight excluding hydrogens is 402 g/mol. The maximum Gasteiger partial charge on any atom is 0.219 e. The lowest BCUT2D eigenvalue weighted by Crippen LogP contribution is -2.50. The van der Waals surface area contributed by atoms with Gasteiger partial charge >= 0.3 is 0 Å². The predicted molar refractivity (Wildman–Crippen MR) is 138 cm³/mol. The van der Waals surface area contributed by atoms with Gasteiger partial charge < -0.3 is 14.3 Å². The average molecular weight is 460 g/mol. The van der Waals surface area contributed by atoms with Crippen LogP contribution in [-0.4, -0.2) is 40.3 Å².